The molecular formula is C17H26N2O2. The Labute approximate surface area is 126 Å². The first-order valence-electron chi connectivity index (χ1n) is 8.58. The zero-order chi connectivity index (χ0) is 14.8. The van der Waals surface area contributed by atoms with Crippen molar-refractivity contribution in [1.82, 2.24) is 10.2 Å². The first-order valence-corrected chi connectivity index (χ1v) is 8.58. The molecule has 5 fully saturated rings. The number of hydrogen-bond donors (Lipinski definition) is 1. The van der Waals surface area contributed by atoms with Gasteiger partial charge in [-0.25, -0.2) is 0 Å². The number of carbonyl (C=O) groups excluding carboxylic acids is 2. The van der Waals surface area contributed by atoms with Gasteiger partial charge in [0.2, 0.25) is 11.8 Å². The Morgan fingerprint density at radius 3 is 2.05 bits per heavy atom. The molecule has 5 aliphatic rings. The zero-order valence-corrected chi connectivity index (χ0v) is 13.1. The molecule has 1 N–H and O–H groups in total. The fourth-order valence-corrected chi connectivity index (χ4v) is 6.15. The van der Waals surface area contributed by atoms with E-state index < -0.39 is 0 Å². The Morgan fingerprint density at radius 2 is 1.57 bits per heavy atom. The number of carbonyl (C=O) groups is 2. The van der Waals surface area contributed by atoms with Gasteiger partial charge < -0.3 is 10.2 Å². The molecule has 1 heterocycles. The van der Waals surface area contributed by atoms with Gasteiger partial charge in [-0.15, -0.1) is 0 Å². The van der Waals surface area contributed by atoms with Crippen LogP contribution >= 0.6 is 0 Å². The average Bonchev–Trinajstić information content (AvgIpc) is 2.39. The third-order valence-electron chi connectivity index (χ3n) is 6.38. The Kier molecular flexibility index (Phi) is 2.89. The van der Waals surface area contributed by atoms with E-state index in [1.165, 1.54) is 19.3 Å². The molecule has 4 bridgehead atoms. The summed E-state index contributed by atoms with van der Waals surface area (Å²) >= 11 is 0. The summed E-state index contributed by atoms with van der Waals surface area (Å²) in [4.78, 5) is 27.1. The highest BCUT2D eigenvalue weighted by Gasteiger charge is 2.57. The van der Waals surface area contributed by atoms with Crippen molar-refractivity contribution in [1.29, 1.82) is 0 Å². The number of rotatable bonds is 2. The van der Waals surface area contributed by atoms with Crippen molar-refractivity contribution in [3.8, 4) is 0 Å². The minimum absolute atomic E-state index is 0.00146. The molecule has 4 heteroatoms. The Balaban J connectivity index is 1.72. The van der Waals surface area contributed by atoms with Crippen LogP contribution in [0.25, 0.3) is 0 Å². The summed E-state index contributed by atoms with van der Waals surface area (Å²) in [6.07, 6.45) is 7.50. The summed E-state index contributed by atoms with van der Waals surface area (Å²) in [7, 11) is 0. The quantitative estimate of drug-likeness (QED) is 0.845. The van der Waals surface area contributed by atoms with Gasteiger partial charge in [0.1, 0.15) is 6.04 Å². The second-order valence-electron chi connectivity index (χ2n) is 8.31. The minimum atomic E-state index is -0.262. The monoisotopic (exact) mass is 290 g/mol. The molecule has 0 spiro atoms. The van der Waals surface area contributed by atoms with E-state index in [1.54, 1.807) is 0 Å². The van der Waals surface area contributed by atoms with Crippen molar-refractivity contribution in [2.75, 3.05) is 6.54 Å². The number of nitrogens with one attached hydrogen (secondary N) is 1. The van der Waals surface area contributed by atoms with Crippen molar-refractivity contribution >= 4 is 11.8 Å². The highest BCUT2D eigenvalue weighted by molar-refractivity contribution is 5.95. The summed E-state index contributed by atoms with van der Waals surface area (Å²) in [6, 6.07) is -0.262. The fraction of sp³-hybridized carbons (Fsp3) is 0.882. The maximum absolute atomic E-state index is 12.7. The van der Waals surface area contributed by atoms with Gasteiger partial charge >= 0.3 is 0 Å². The first kappa shape index (κ1) is 13.6. The predicted octanol–water partition coefficient (Wildman–Crippen LogP) is 1.94. The van der Waals surface area contributed by atoms with Crippen LogP contribution in [-0.2, 0) is 9.59 Å². The van der Waals surface area contributed by atoms with E-state index in [0.29, 0.717) is 0 Å². The van der Waals surface area contributed by atoms with Crippen molar-refractivity contribution in [3.63, 3.8) is 0 Å². The van der Waals surface area contributed by atoms with Crippen LogP contribution < -0.4 is 5.32 Å². The van der Waals surface area contributed by atoms with Crippen molar-refractivity contribution in [2.24, 2.45) is 23.7 Å². The maximum Gasteiger partial charge on any atom is 0.243 e. The van der Waals surface area contributed by atoms with Crippen LogP contribution in [0.3, 0.4) is 0 Å². The molecule has 1 unspecified atom stereocenters. The number of nitrogens with zero attached hydrogens (tertiary/aromatic N) is 1. The molecule has 116 valence electrons. The van der Waals surface area contributed by atoms with Gasteiger partial charge in [-0.05, 0) is 62.2 Å². The van der Waals surface area contributed by atoms with E-state index in [-0.39, 0.29) is 35.9 Å². The van der Waals surface area contributed by atoms with Gasteiger partial charge in [-0.3, -0.25) is 9.59 Å². The molecule has 2 amide bonds. The van der Waals surface area contributed by atoms with Crippen molar-refractivity contribution in [3.05, 3.63) is 0 Å². The minimum Gasteiger partial charge on any atom is -0.345 e. The molecule has 0 aromatic rings. The van der Waals surface area contributed by atoms with E-state index in [9.17, 15) is 9.59 Å². The second-order valence-corrected chi connectivity index (χ2v) is 8.31. The van der Waals surface area contributed by atoms with Crippen LogP contribution in [-0.4, -0.2) is 34.8 Å². The molecule has 4 nitrogen and oxygen atoms in total. The molecule has 4 saturated carbocycles. The molecular weight excluding hydrogens is 264 g/mol. The van der Waals surface area contributed by atoms with E-state index in [4.69, 9.17) is 0 Å². The van der Waals surface area contributed by atoms with Crippen LogP contribution in [0.2, 0.25) is 0 Å². The lowest BCUT2D eigenvalue weighted by molar-refractivity contribution is -0.169. The van der Waals surface area contributed by atoms with Crippen molar-refractivity contribution in [2.45, 2.75) is 64.0 Å². The molecule has 4 aliphatic carbocycles. The molecule has 5 rings (SSSR count). The van der Waals surface area contributed by atoms with E-state index in [1.807, 2.05) is 0 Å². The summed E-state index contributed by atoms with van der Waals surface area (Å²) in [5, 5.41) is 2.80. The van der Waals surface area contributed by atoms with Gasteiger partial charge in [-0.1, -0.05) is 13.8 Å². The summed E-state index contributed by atoms with van der Waals surface area (Å²) < 4.78 is 0. The largest absolute Gasteiger partial charge is 0.345 e. The number of piperazine rings is 1. The third kappa shape index (κ3) is 1.94. The van der Waals surface area contributed by atoms with Crippen LogP contribution in [0.1, 0.15) is 52.4 Å². The molecule has 1 aliphatic heterocycles. The first-order chi connectivity index (χ1) is 9.98. The molecule has 21 heavy (non-hydrogen) atoms. The van der Waals surface area contributed by atoms with Gasteiger partial charge in [-0.2, -0.15) is 0 Å². The van der Waals surface area contributed by atoms with E-state index in [0.717, 1.165) is 37.0 Å². The molecule has 1 atom stereocenters. The highest BCUT2D eigenvalue weighted by atomic mass is 16.2. The van der Waals surface area contributed by atoms with Gasteiger partial charge in [0.15, 0.2) is 0 Å². The van der Waals surface area contributed by atoms with Gasteiger partial charge in [0, 0.05) is 5.54 Å². The highest BCUT2D eigenvalue weighted by Crippen LogP contribution is 2.58. The van der Waals surface area contributed by atoms with Crippen LogP contribution in [0, 0.1) is 23.7 Å². The lowest BCUT2D eigenvalue weighted by Crippen LogP contribution is -2.71. The maximum atomic E-state index is 12.7. The SMILES string of the molecule is CC(C)C1C(=O)NCC(=O)N1C12CC3CC(CC(C3)C1)C2. The molecule has 0 aromatic carbocycles. The fourth-order valence-electron chi connectivity index (χ4n) is 6.15. The Morgan fingerprint density at radius 1 is 1.05 bits per heavy atom. The number of hydrogen-bond acceptors (Lipinski definition) is 2. The van der Waals surface area contributed by atoms with E-state index in [2.05, 4.69) is 24.1 Å². The van der Waals surface area contributed by atoms with Crippen LogP contribution in [0.15, 0.2) is 0 Å². The summed E-state index contributed by atoms with van der Waals surface area (Å²) in [6.45, 7) is 4.33. The second kappa shape index (κ2) is 4.47. The number of amides is 2. The van der Waals surface area contributed by atoms with Gasteiger partial charge in [0.05, 0.1) is 6.54 Å². The normalized spacial score (nSPS) is 45.4. The molecule has 0 aromatic heterocycles. The topological polar surface area (TPSA) is 49.4 Å². The van der Waals surface area contributed by atoms with Crippen LogP contribution in [0.5, 0.6) is 0 Å². The standard InChI is InChI=1S/C17H26N2O2/c1-10(2)15-16(21)18-9-14(20)19(15)17-6-11-3-12(7-17)5-13(4-11)8-17/h10-13,15H,3-9H2,1-2H3,(H,18,21). The smallest absolute Gasteiger partial charge is 0.243 e. The summed E-state index contributed by atoms with van der Waals surface area (Å²) in [5.74, 6) is 2.77. The molecule has 1 saturated heterocycles. The zero-order valence-electron chi connectivity index (χ0n) is 13.1. The van der Waals surface area contributed by atoms with Crippen molar-refractivity contribution < 1.29 is 9.59 Å². The lowest BCUT2D eigenvalue weighted by Gasteiger charge is -2.62. The Hall–Kier alpha value is -1.06. The average molecular weight is 290 g/mol. The predicted molar refractivity (Wildman–Crippen MR) is 79.4 cm³/mol. The third-order valence-corrected chi connectivity index (χ3v) is 6.38. The molecule has 0 radical (unpaired) electrons. The van der Waals surface area contributed by atoms with Gasteiger partial charge in [0.25, 0.3) is 0 Å². The summed E-state index contributed by atoms with van der Waals surface area (Å²) in [5.41, 5.74) is -0.00146. The Bertz CT molecular complexity index is 450. The van der Waals surface area contributed by atoms with E-state index >= 15 is 0 Å². The lowest BCUT2D eigenvalue weighted by atomic mass is 9.52. The van der Waals surface area contributed by atoms with Crippen LogP contribution in [0.4, 0.5) is 0 Å².